The maximum absolute atomic E-state index is 2.63. The van der Waals surface area contributed by atoms with Crippen molar-refractivity contribution in [1.29, 1.82) is 0 Å². The van der Waals surface area contributed by atoms with Crippen LogP contribution in [0.5, 0.6) is 0 Å². The monoisotopic (exact) mass is 404 g/mol. The Labute approximate surface area is 185 Å². The predicted molar refractivity (Wildman–Crippen MR) is 131 cm³/mol. The van der Waals surface area contributed by atoms with Crippen LogP contribution in [-0.2, 0) is 0 Å². The normalized spacial score (nSPS) is 39.6. The molecule has 2 fully saturated rings. The van der Waals surface area contributed by atoms with Gasteiger partial charge < -0.3 is 0 Å². The lowest BCUT2D eigenvalue weighted by atomic mass is 9.54. The smallest absolute Gasteiger partial charge is 0.0329 e. The van der Waals surface area contributed by atoms with Crippen LogP contribution in [0.3, 0.4) is 0 Å². The molecule has 0 bridgehead atoms. The Bertz CT molecular complexity index is 411. The number of rotatable bonds is 10. The van der Waals surface area contributed by atoms with Gasteiger partial charge in [0.2, 0.25) is 0 Å². The van der Waals surface area contributed by atoms with Gasteiger partial charge in [-0.25, -0.2) is 0 Å². The Morgan fingerprint density at radius 3 is 1.62 bits per heavy atom. The van der Waals surface area contributed by atoms with Crippen LogP contribution in [0.2, 0.25) is 0 Å². The fourth-order valence-electron chi connectivity index (χ4n) is 8.43. The molecule has 0 spiro atoms. The second-order valence-corrected chi connectivity index (χ2v) is 12.0. The third-order valence-electron chi connectivity index (χ3n) is 9.58. The minimum absolute atomic E-state index is 0.934. The minimum Gasteiger partial charge on any atom is -0.0654 e. The molecule has 5 atom stereocenters. The maximum atomic E-state index is 2.63. The lowest BCUT2D eigenvalue weighted by Crippen LogP contribution is -2.44. The molecule has 0 amide bonds. The molecule has 0 aliphatic heterocycles. The van der Waals surface area contributed by atoms with Gasteiger partial charge in [-0.3, -0.25) is 0 Å². The SMILES string of the molecule is CCCCCC(C)CC1CC(C)C(C2C(C)CC(C(CC)CC)CC2C)C(C)C1. The molecule has 0 aromatic rings. The van der Waals surface area contributed by atoms with Crippen LogP contribution < -0.4 is 0 Å². The highest BCUT2D eigenvalue weighted by Crippen LogP contribution is 2.53. The van der Waals surface area contributed by atoms with E-state index in [2.05, 4.69) is 55.4 Å². The number of hydrogen-bond donors (Lipinski definition) is 0. The average molecular weight is 405 g/mol. The van der Waals surface area contributed by atoms with E-state index >= 15 is 0 Å². The van der Waals surface area contributed by atoms with Crippen molar-refractivity contribution in [1.82, 2.24) is 0 Å². The Hall–Kier alpha value is 0. The Balaban J connectivity index is 1.94. The molecule has 2 saturated carbocycles. The summed E-state index contributed by atoms with van der Waals surface area (Å²) in [6, 6.07) is 0. The lowest BCUT2D eigenvalue weighted by molar-refractivity contribution is -0.0228. The first-order valence-electron chi connectivity index (χ1n) is 13.8. The van der Waals surface area contributed by atoms with Crippen LogP contribution in [0.25, 0.3) is 0 Å². The highest BCUT2D eigenvalue weighted by atomic mass is 14.5. The van der Waals surface area contributed by atoms with Crippen LogP contribution in [-0.4, -0.2) is 0 Å². The molecule has 0 aromatic carbocycles. The molecule has 2 rings (SSSR count). The summed E-state index contributed by atoms with van der Waals surface area (Å²) in [6.45, 7) is 20.2. The van der Waals surface area contributed by atoms with Gasteiger partial charge in [-0.1, -0.05) is 93.9 Å². The first kappa shape index (κ1) is 25.3. The molecule has 0 nitrogen and oxygen atoms in total. The van der Waals surface area contributed by atoms with Crippen LogP contribution in [0, 0.1) is 59.2 Å². The Morgan fingerprint density at radius 1 is 0.690 bits per heavy atom. The molecule has 0 aromatic heterocycles. The van der Waals surface area contributed by atoms with E-state index in [1.807, 2.05) is 0 Å². The predicted octanol–water partition coefficient (Wildman–Crippen LogP) is 9.63. The average Bonchev–Trinajstić information content (AvgIpc) is 2.64. The zero-order valence-corrected chi connectivity index (χ0v) is 21.6. The zero-order chi connectivity index (χ0) is 21.6. The zero-order valence-electron chi connectivity index (χ0n) is 21.6. The summed E-state index contributed by atoms with van der Waals surface area (Å²) in [6.07, 6.45) is 16.0. The van der Waals surface area contributed by atoms with Crippen LogP contribution in [0.4, 0.5) is 0 Å². The first-order chi connectivity index (χ1) is 13.8. The molecule has 2 aliphatic carbocycles. The van der Waals surface area contributed by atoms with Crippen molar-refractivity contribution in [2.75, 3.05) is 0 Å². The maximum Gasteiger partial charge on any atom is -0.0329 e. The van der Waals surface area contributed by atoms with E-state index in [0.29, 0.717) is 0 Å². The molecule has 0 saturated heterocycles. The summed E-state index contributed by atoms with van der Waals surface area (Å²) in [5.41, 5.74) is 0. The van der Waals surface area contributed by atoms with E-state index in [4.69, 9.17) is 0 Å². The van der Waals surface area contributed by atoms with Crippen molar-refractivity contribution < 1.29 is 0 Å². The van der Waals surface area contributed by atoms with E-state index in [1.54, 1.807) is 0 Å². The van der Waals surface area contributed by atoms with Gasteiger partial charge in [0.05, 0.1) is 0 Å². The van der Waals surface area contributed by atoms with Crippen molar-refractivity contribution >= 4 is 0 Å². The summed E-state index contributed by atoms with van der Waals surface area (Å²) in [5, 5.41) is 0. The standard InChI is InChI=1S/C29H56/c1-9-12-13-14-20(4)15-25-16-21(5)28(22(6)17-25)29-23(7)18-27(19-24(29)8)26(10-2)11-3/h20-29H,9-19H2,1-8H3. The summed E-state index contributed by atoms with van der Waals surface area (Å²) in [7, 11) is 0. The Morgan fingerprint density at radius 2 is 1.17 bits per heavy atom. The van der Waals surface area contributed by atoms with Gasteiger partial charge in [0, 0.05) is 0 Å². The topological polar surface area (TPSA) is 0 Å². The quantitative estimate of drug-likeness (QED) is 0.318. The molecular weight excluding hydrogens is 348 g/mol. The van der Waals surface area contributed by atoms with Gasteiger partial charge in [0.25, 0.3) is 0 Å². The van der Waals surface area contributed by atoms with E-state index in [-0.39, 0.29) is 0 Å². The van der Waals surface area contributed by atoms with Crippen molar-refractivity contribution in [3.05, 3.63) is 0 Å². The van der Waals surface area contributed by atoms with Gasteiger partial charge >= 0.3 is 0 Å². The van der Waals surface area contributed by atoms with Crippen molar-refractivity contribution in [2.45, 2.75) is 126 Å². The second-order valence-electron chi connectivity index (χ2n) is 12.0. The minimum atomic E-state index is 0.934. The fourth-order valence-corrected chi connectivity index (χ4v) is 8.43. The van der Waals surface area contributed by atoms with Crippen molar-refractivity contribution in [2.24, 2.45) is 59.2 Å². The van der Waals surface area contributed by atoms with E-state index in [9.17, 15) is 0 Å². The molecule has 0 radical (unpaired) electrons. The van der Waals surface area contributed by atoms with Gasteiger partial charge in [-0.2, -0.15) is 0 Å². The lowest BCUT2D eigenvalue weighted by Gasteiger charge is -2.51. The van der Waals surface area contributed by atoms with E-state index < -0.39 is 0 Å². The summed E-state index contributed by atoms with van der Waals surface area (Å²) < 4.78 is 0. The fraction of sp³-hybridized carbons (Fsp3) is 1.00. The Kier molecular flexibility index (Phi) is 10.6. The molecule has 29 heavy (non-hydrogen) atoms. The van der Waals surface area contributed by atoms with Gasteiger partial charge in [-0.05, 0) is 91.3 Å². The first-order valence-corrected chi connectivity index (χ1v) is 13.8. The molecule has 2 aliphatic rings. The summed E-state index contributed by atoms with van der Waals surface area (Å²) in [4.78, 5) is 0. The number of unbranched alkanes of at least 4 members (excludes halogenated alkanes) is 2. The molecule has 0 N–H and O–H groups in total. The van der Waals surface area contributed by atoms with E-state index in [0.717, 1.165) is 59.2 Å². The highest BCUT2D eigenvalue weighted by molar-refractivity contribution is 4.94. The molecule has 0 heteroatoms. The van der Waals surface area contributed by atoms with E-state index in [1.165, 1.54) is 70.6 Å². The summed E-state index contributed by atoms with van der Waals surface area (Å²) >= 11 is 0. The number of hydrogen-bond acceptors (Lipinski definition) is 0. The van der Waals surface area contributed by atoms with Gasteiger partial charge in [-0.15, -0.1) is 0 Å². The largest absolute Gasteiger partial charge is 0.0654 e. The highest BCUT2D eigenvalue weighted by Gasteiger charge is 2.45. The summed E-state index contributed by atoms with van der Waals surface area (Å²) in [5.74, 6) is 9.61. The second kappa shape index (κ2) is 12.1. The van der Waals surface area contributed by atoms with Crippen LogP contribution in [0.1, 0.15) is 126 Å². The molecule has 5 unspecified atom stereocenters. The van der Waals surface area contributed by atoms with Crippen molar-refractivity contribution in [3.8, 4) is 0 Å². The van der Waals surface area contributed by atoms with Gasteiger partial charge in [0.15, 0.2) is 0 Å². The third kappa shape index (κ3) is 6.74. The third-order valence-corrected chi connectivity index (χ3v) is 9.58. The van der Waals surface area contributed by atoms with Crippen LogP contribution >= 0.6 is 0 Å². The molecule has 0 heterocycles. The molecule has 172 valence electrons. The van der Waals surface area contributed by atoms with Crippen molar-refractivity contribution in [3.63, 3.8) is 0 Å². The molecular formula is C29H56. The van der Waals surface area contributed by atoms with Gasteiger partial charge in [0.1, 0.15) is 0 Å². The van der Waals surface area contributed by atoms with Crippen LogP contribution in [0.15, 0.2) is 0 Å².